The summed E-state index contributed by atoms with van der Waals surface area (Å²) in [6, 6.07) is 16.6. The Bertz CT molecular complexity index is 902. The van der Waals surface area contributed by atoms with Crippen LogP contribution in [0.15, 0.2) is 54.6 Å². The highest BCUT2D eigenvalue weighted by Gasteiger charge is 2.22. The third-order valence-electron chi connectivity index (χ3n) is 4.30. The molecule has 0 spiro atoms. The van der Waals surface area contributed by atoms with Crippen molar-refractivity contribution in [2.75, 3.05) is 0 Å². The molecule has 0 fully saturated rings. The van der Waals surface area contributed by atoms with Crippen LogP contribution < -0.4 is 0 Å². The normalized spacial score (nSPS) is 12.3. The molecule has 0 saturated carbocycles. The van der Waals surface area contributed by atoms with E-state index in [0.717, 1.165) is 21.9 Å². The smallest absolute Gasteiger partial charge is 0.272 e. The van der Waals surface area contributed by atoms with Gasteiger partial charge in [0, 0.05) is 11.6 Å². The van der Waals surface area contributed by atoms with E-state index in [2.05, 4.69) is 0 Å². The topological polar surface area (TPSA) is 63.4 Å². The van der Waals surface area contributed by atoms with Crippen LogP contribution in [0.4, 0.5) is 5.69 Å². The lowest BCUT2D eigenvalue weighted by Crippen LogP contribution is -2.06. The lowest BCUT2D eigenvalue weighted by molar-refractivity contribution is -0.385. The lowest BCUT2D eigenvalue weighted by atomic mass is 9.90. The van der Waals surface area contributed by atoms with Gasteiger partial charge in [0.05, 0.1) is 4.92 Å². The number of rotatable bonds is 3. The average molecular weight is 307 g/mol. The minimum atomic E-state index is -0.902. The molecule has 0 aliphatic rings. The summed E-state index contributed by atoms with van der Waals surface area (Å²) in [4.78, 5) is 10.7. The van der Waals surface area contributed by atoms with Crippen molar-refractivity contribution in [2.45, 2.75) is 20.0 Å². The predicted molar refractivity (Wildman–Crippen MR) is 90.6 cm³/mol. The molecule has 3 rings (SSSR count). The second-order valence-electron chi connectivity index (χ2n) is 5.67. The van der Waals surface area contributed by atoms with Crippen molar-refractivity contribution in [3.63, 3.8) is 0 Å². The van der Waals surface area contributed by atoms with E-state index in [1.165, 1.54) is 6.07 Å². The number of aliphatic hydroxyl groups excluding tert-OH is 1. The monoisotopic (exact) mass is 307 g/mol. The molecule has 0 heterocycles. The highest BCUT2D eigenvalue weighted by atomic mass is 16.6. The van der Waals surface area contributed by atoms with Crippen LogP contribution in [0, 0.1) is 24.0 Å². The molecule has 1 atom stereocenters. The molecule has 116 valence electrons. The Kier molecular flexibility index (Phi) is 3.84. The van der Waals surface area contributed by atoms with Gasteiger partial charge in [-0.25, -0.2) is 0 Å². The van der Waals surface area contributed by atoms with Crippen LogP contribution in [0.5, 0.6) is 0 Å². The number of aliphatic hydroxyl groups is 1. The maximum atomic E-state index is 11.1. The standard InChI is InChI=1S/C19H17NO3/c1-12-10-11-14-6-3-4-7-16(14)18(12)19(21)15-8-5-9-17(13(15)2)20(22)23/h3-11,19,21H,1-2H3. The van der Waals surface area contributed by atoms with E-state index in [4.69, 9.17) is 0 Å². The summed E-state index contributed by atoms with van der Waals surface area (Å²) >= 11 is 0. The Morgan fingerprint density at radius 3 is 2.48 bits per heavy atom. The first kappa shape index (κ1) is 15.2. The van der Waals surface area contributed by atoms with Crippen LogP contribution in [0.2, 0.25) is 0 Å². The van der Waals surface area contributed by atoms with Gasteiger partial charge in [0.25, 0.3) is 5.69 Å². The fourth-order valence-corrected chi connectivity index (χ4v) is 3.06. The van der Waals surface area contributed by atoms with Crippen molar-refractivity contribution in [1.29, 1.82) is 0 Å². The highest BCUT2D eigenvalue weighted by Crippen LogP contribution is 2.35. The molecule has 0 aliphatic heterocycles. The minimum Gasteiger partial charge on any atom is -0.384 e. The summed E-state index contributed by atoms with van der Waals surface area (Å²) < 4.78 is 0. The molecule has 0 saturated heterocycles. The van der Waals surface area contributed by atoms with Crippen LogP contribution in [-0.4, -0.2) is 10.0 Å². The first-order valence-electron chi connectivity index (χ1n) is 7.41. The Balaban J connectivity index is 2.22. The van der Waals surface area contributed by atoms with Gasteiger partial charge in [-0.1, -0.05) is 48.5 Å². The highest BCUT2D eigenvalue weighted by molar-refractivity contribution is 5.87. The molecular weight excluding hydrogens is 290 g/mol. The van der Waals surface area contributed by atoms with E-state index < -0.39 is 11.0 Å². The molecule has 4 nitrogen and oxygen atoms in total. The van der Waals surface area contributed by atoms with Crippen LogP contribution in [0.3, 0.4) is 0 Å². The quantitative estimate of drug-likeness (QED) is 0.574. The van der Waals surface area contributed by atoms with E-state index in [1.807, 2.05) is 43.3 Å². The Morgan fingerprint density at radius 2 is 1.74 bits per heavy atom. The zero-order valence-corrected chi connectivity index (χ0v) is 13.0. The Labute approximate surface area is 134 Å². The third-order valence-corrected chi connectivity index (χ3v) is 4.30. The van der Waals surface area contributed by atoms with Gasteiger partial charge in [0.15, 0.2) is 0 Å². The molecular formula is C19H17NO3. The summed E-state index contributed by atoms with van der Waals surface area (Å²) in [7, 11) is 0. The number of benzene rings is 3. The zero-order valence-electron chi connectivity index (χ0n) is 13.0. The molecule has 3 aromatic carbocycles. The zero-order chi connectivity index (χ0) is 16.6. The van der Waals surface area contributed by atoms with Gasteiger partial charge < -0.3 is 5.11 Å². The second kappa shape index (κ2) is 5.82. The van der Waals surface area contributed by atoms with Crippen molar-refractivity contribution in [2.24, 2.45) is 0 Å². The molecule has 0 aliphatic carbocycles. The number of nitro benzene ring substituents is 1. The number of hydrogen-bond donors (Lipinski definition) is 1. The number of hydrogen-bond acceptors (Lipinski definition) is 3. The maximum absolute atomic E-state index is 11.1. The van der Waals surface area contributed by atoms with E-state index >= 15 is 0 Å². The van der Waals surface area contributed by atoms with E-state index in [1.54, 1.807) is 19.1 Å². The lowest BCUT2D eigenvalue weighted by Gasteiger charge is -2.18. The second-order valence-corrected chi connectivity index (χ2v) is 5.67. The number of fused-ring (bicyclic) bond motifs is 1. The Hall–Kier alpha value is -2.72. The first-order valence-corrected chi connectivity index (χ1v) is 7.41. The van der Waals surface area contributed by atoms with Crippen molar-refractivity contribution >= 4 is 16.5 Å². The van der Waals surface area contributed by atoms with E-state index in [9.17, 15) is 15.2 Å². The fraction of sp³-hybridized carbons (Fsp3) is 0.158. The number of aryl methyl sites for hydroxylation is 1. The van der Waals surface area contributed by atoms with E-state index in [-0.39, 0.29) is 5.69 Å². The minimum absolute atomic E-state index is 0.0273. The molecule has 3 aromatic rings. The molecule has 0 aromatic heterocycles. The Morgan fingerprint density at radius 1 is 1.00 bits per heavy atom. The SMILES string of the molecule is Cc1ccc2ccccc2c1C(O)c1cccc([N+](=O)[O-])c1C. The largest absolute Gasteiger partial charge is 0.384 e. The van der Waals surface area contributed by atoms with Gasteiger partial charge >= 0.3 is 0 Å². The molecule has 23 heavy (non-hydrogen) atoms. The van der Waals surface area contributed by atoms with Crippen LogP contribution in [-0.2, 0) is 0 Å². The van der Waals surface area contributed by atoms with Crippen LogP contribution in [0.25, 0.3) is 10.8 Å². The summed E-state index contributed by atoms with van der Waals surface area (Å²) in [5, 5.41) is 24.1. The van der Waals surface area contributed by atoms with Crippen LogP contribution >= 0.6 is 0 Å². The van der Waals surface area contributed by atoms with Gasteiger partial charge in [-0.05, 0) is 41.3 Å². The third kappa shape index (κ3) is 2.58. The summed E-state index contributed by atoms with van der Waals surface area (Å²) in [6.45, 7) is 3.62. The maximum Gasteiger partial charge on any atom is 0.272 e. The summed E-state index contributed by atoms with van der Waals surface area (Å²) in [5.74, 6) is 0. The summed E-state index contributed by atoms with van der Waals surface area (Å²) in [5.41, 5.74) is 2.85. The van der Waals surface area contributed by atoms with Gasteiger partial charge in [-0.2, -0.15) is 0 Å². The van der Waals surface area contributed by atoms with Crippen molar-refractivity contribution < 1.29 is 10.0 Å². The fourth-order valence-electron chi connectivity index (χ4n) is 3.06. The van der Waals surface area contributed by atoms with E-state index in [0.29, 0.717) is 11.1 Å². The molecule has 4 heteroatoms. The van der Waals surface area contributed by atoms with Crippen LogP contribution in [0.1, 0.15) is 28.4 Å². The first-order chi connectivity index (χ1) is 11.0. The van der Waals surface area contributed by atoms with Crippen molar-refractivity contribution in [3.8, 4) is 0 Å². The van der Waals surface area contributed by atoms with Gasteiger partial charge in [-0.15, -0.1) is 0 Å². The van der Waals surface area contributed by atoms with Gasteiger partial charge in [-0.3, -0.25) is 10.1 Å². The van der Waals surface area contributed by atoms with Crippen molar-refractivity contribution in [3.05, 3.63) is 87.0 Å². The van der Waals surface area contributed by atoms with Gasteiger partial charge in [0.1, 0.15) is 6.10 Å². The molecule has 1 unspecified atom stereocenters. The molecule has 0 radical (unpaired) electrons. The van der Waals surface area contributed by atoms with Crippen molar-refractivity contribution in [1.82, 2.24) is 0 Å². The predicted octanol–water partition coefficient (Wildman–Crippen LogP) is 4.45. The number of nitrogens with zero attached hydrogens (tertiary/aromatic N) is 1. The molecule has 1 N–H and O–H groups in total. The molecule has 0 bridgehead atoms. The van der Waals surface area contributed by atoms with Gasteiger partial charge in [0.2, 0.25) is 0 Å². The average Bonchev–Trinajstić information content (AvgIpc) is 2.54. The summed E-state index contributed by atoms with van der Waals surface area (Å²) in [6.07, 6.45) is -0.902. The number of nitro groups is 1. The molecule has 0 amide bonds.